The zero-order chi connectivity index (χ0) is 23.1. The van der Waals surface area contributed by atoms with Crippen LogP contribution in [-0.4, -0.2) is 43.9 Å². The Morgan fingerprint density at radius 1 is 0.613 bits per heavy atom. The van der Waals surface area contributed by atoms with Gasteiger partial charge in [-0.25, -0.2) is 0 Å². The summed E-state index contributed by atoms with van der Waals surface area (Å²) in [6, 6.07) is 0. The number of rotatable bonds is 10. The first-order valence-corrected chi connectivity index (χ1v) is 12.3. The van der Waals surface area contributed by atoms with Gasteiger partial charge in [-0.15, -0.1) is 0 Å². The van der Waals surface area contributed by atoms with Crippen molar-refractivity contribution in [1.82, 2.24) is 0 Å². The van der Waals surface area contributed by atoms with Crippen LogP contribution in [-0.2, 0) is 4.74 Å². The van der Waals surface area contributed by atoms with Crippen LogP contribution in [0.15, 0.2) is 24.3 Å². The lowest BCUT2D eigenvalue weighted by atomic mass is 9.74. The highest BCUT2D eigenvalue weighted by Gasteiger charge is 2.29. The second-order valence-electron chi connectivity index (χ2n) is 13.9. The molecule has 3 heteroatoms. The third-order valence-electron chi connectivity index (χ3n) is 6.10. The summed E-state index contributed by atoms with van der Waals surface area (Å²) in [4.78, 5) is 0. The summed E-state index contributed by atoms with van der Waals surface area (Å²) in [5.74, 6) is 0. The number of halogens is 1. The fraction of sp³-hybridized carbons (Fsp3) is 0.857. The van der Waals surface area contributed by atoms with E-state index in [1.165, 1.54) is 12.8 Å². The van der Waals surface area contributed by atoms with E-state index in [0.29, 0.717) is 21.7 Å². The monoisotopic (exact) mass is 455 g/mol. The van der Waals surface area contributed by atoms with Crippen molar-refractivity contribution in [2.24, 2.45) is 21.7 Å². The summed E-state index contributed by atoms with van der Waals surface area (Å²) in [6.07, 6.45) is 14.6. The van der Waals surface area contributed by atoms with Crippen molar-refractivity contribution < 1.29 is 21.6 Å². The van der Waals surface area contributed by atoms with Crippen molar-refractivity contribution in [2.45, 2.75) is 94.9 Å². The van der Waals surface area contributed by atoms with Crippen molar-refractivity contribution in [3.8, 4) is 0 Å². The molecule has 0 atom stereocenters. The smallest absolute Gasteiger partial charge is 0.103 e. The van der Waals surface area contributed by atoms with Gasteiger partial charge in [-0.2, -0.15) is 0 Å². The summed E-state index contributed by atoms with van der Waals surface area (Å²) >= 11 is 0. The highest BCUT2D eigenvalue weighted by molar-refractivity contribution is 4.92. The van der Waals surface area contributed by atoms with E-state index in [9.17, 15) is 0 Å². The van der Waals surface area contributed by atoms with Gasteiger partial charge in [-0.1, -0.05) is 81.4 Å². The number of hydrogen-bond donors (Lipinski definition) is 0. The molecule has 1 heterocycles. The maximum absolute atomic E-state index is 5.69. The molecule has 0 unspecified atom stereocenters. The van der Waals surface area contributed by atoms with Gasteiger partial charge in [0.1, 0.15) is 13.1 Å². The Morgan fingerprint density at radius 3 is 1.29 bits per heavy atom. The molecule has 0 N–H and O–H groups in total. The Morgan fingerprint density at radius 2 is 0.968 bits per heavy atom. The first-order chi connectivity index (χ1) is 13.5. The average Bonchev–Trinajstić information content (AvgIpc) is 2.52. The first-order valence-electron chi connectivity index (χ1n) is 12.3. The van der Waals surface area contributed by atoms with Crippen molar-refractivity contribution in [3.05, 3.63) is 24.3 Å². The lowest BCUT2D eigenvalue weighted by Crippen LogP contribution is -3.00. The molecule has 0 spiro atoms. The Hall–Kier alpha value is -0.310. The van der Waals surface area contributed by atoms with E-state index >= 15 is 0 Å². The quantitative estimate of drug-likeness (QED) is 0.344. The summed E-state index contributed by atoms with van der Waals surface area (Å²) in [5, 5.41) is 0. The molecule has 31 heavy (non-hydrogen) atoms. The molecule has 1 aliphatic rings. The molecule has 1 fully saturated rings. The van der Waals surface area contributed by atoms with Gasteiger partial charge in [0, 0.05) is 0 Å². The highest BCUT2D eigenvalue weighted by atomic mass is 35.5. The van der Waals surface area contributed by atoms with Crippen LogP contribution in [0.3, 0.4) is 0 Å². The van der Waals surface area contributed by atoms with Gasteiger partial charge in [0.05, 0.1) is 26.3 Å². The van der Waals surface area contributed by atoms with Gasteiger partial charge in [-0.05, 0) is 59.5 Å². The number of quaternary nitrogens is 1. The number of hydrogen-bond acceptors (Lipinski definition) is 1. The van der Waals surface area contributed by atoms with Crippen LogP contribution >= 0.6 is 0 Å². The number of morpholine rings is 1. The van der Waals surface area contributed by atoms with Crippen LogP contribution in [0.25, 0.3) is 0 Å². The van der Waals surface area contributed by atoms with E-state index in [2.05, 4.69) is 93.5 Å². The molecule has 0 bridgehead atoms. The van der Waals surface area contributed by atoms with E-state index in [1.54, 1.807) is 0 Å². The summed E-state index contributed by atoms with van der Waals surface area (Å²) < 4.78 is 6.84. The molecule has 0 aliphatic carbocycles. The molecule has 1 saturated heterocycles. The largest absolute Gasteiger partial charge is 1.00 e. The zero-order valence-corrected chi connectivity index (χ0v) is 23.4. The Kier molecular flexibility index (Phi) is 12.1. The number of nitrogens with zero attached hydrogens (tertiary/aromatic N) is 1. The standard InChI is InChI=1S/C28H54NO.ClH/c1-25(2,3)23-27(7,8)15-11-13-17-29(19-21-30-22-20-29)18-14-12-16-28(9,10)24-26(4,5)6;/h11-14H,15-24H2,1-10H3;1H/q+1;/p-1. The van der Waals surface area contributed by atoms with E-state index in [4.69, 9.17) is 4.74 Å². The Bertz CT molecular complexity index is 511. The van der Waals surface area contributed by atoms with E-state index in [-0.39, 0.29) is 12.4 Å². The second kappa shape index (κ2) is 12.2. The fourth-order valence-electron chi connectivity index (χ4n) is 5.59. The normalized spacial score (nSPS) is 18.5. The average molecular weight is 456 g/mol. The molecule has 0 aromatic heterocycles. The predicted molar refractivity (Wildman–Crippen MR) is 134 cm³/mol. The molecule has 1 aliphatic heterocycles. The number of ether oxygens (including phenoxy) is 1. The van der Waals surface area contributed by atoms with Crippen molar-refractivity contribution in [3.63, 3.8) is 0 Å². The molecule has 0 saturated carbocycles. The lowest BCUT2D eigenvalue weighted by Gasteiger charge is -2.40. The predicted octanol–water partition coefficient (Wildman–Crippen LogP) is 4.65. The minimum Gasteiger partial charge on any atom is -1.00 e. The molecule has 1 rings (SSSR count). The number of allylic oxidation sites excluding steroid dienone is 2. The van der Waals surface area contributed by atoms with Gasteiger partial charge >= 0.3 is 0 Å². The molecule has 0 aromatic carbocycles. The van der Waals surface area contributed by atoms with E-state index in [1.807, 2.05) is 0 Å². The molecular formula is C28H54ClNO. The molecule has 0 radical (unpaired) electrons. The van der Waals surface area contributed by atoms with Gasteiger partial charge < -0.3 is 21.6 Å². The van der Waals surface area contributed by atoms with Crippen molar-refractivity contribution in [1.29, 1.82) is 0 Å². The van der Waals surface area contributed by atoms with Crippen LogP contribution in [0.4, 0.5) is 0 Å². The van der Waals surface area contributed by atoms with Crippen LogP contribution < -0.4 is 12.4 Å². The van der Waals surface area contributed by atoms with Gasteiger partial charge in [-0.3, -0.25) is 0 Å². The minimum absolute atomic E-state index is 0. The highest BCUT2D eigenvalue weighted by Crippen LogP contribution is 2.37. The van der Waals surface area contributed by atoms with E-state index < -0.39 is 0 Å². The second-order valence-corrected chi connectivity index (χ2v) is 13.9. The maximum atomic E-state index is 5.69. The summed E-state index contributed by atoms with van der Waals surface area (Å²) in [5.41, 5.74) is 1.51. The first kappa shape index (κ1) is 30.7. The molecule has 0 aromatic rings. The van der Waals surface area contributed by atoms with E-state index in [0.717, 1.165) is 56.7 Å². The SMILES string of the molecule is CC(C)(C)CC(C)(C)CC=CC[N+]1(CC=CCC(C)(C)CC(C)(C)C)CCOCC1.[Cl-]. The maximum Gasteiger partial charge on any atom is 0.103 e. The molecule has 184 valence electrons. The van der Waals surface area contributed by atoms with Crippen LogP contribution in [0, 0.1) is 21.7 Å². The van der Waals surface area contributed by atoms with Crippen molar-refractivity contribution in [2.75, 3.05) is 39.4 Å². The summed E-state index contributed by atoms with van der Waals surface area (Å²) in [7, 11) is 0. The van der Waals surface area contributed by atoms with Crippen LogP contribution in [0.2, 0.25) is 0 Å². The van der Waals surface area contributed by atoms with Crippen molar-refractivity contribution >= 4 is 0 Å². The zero-order valence-electron chi connectivity index (χ0n) is 22.6. The third-order valence-corrected chi connectivity index (χ3v) is 6.10. The third kappa shape index (κ3) is 14.5. The van der Waals surface area contributed by atoms with Gasteiger partial charge in [0.2, 0.25) is 0 Å². The Labute approximate surface area is 201 Å². The lowest BCUT2D eigenvalue weighted by molar-refractivity contribution is -0.924. The van der Waals surface area contributed by atoms with Gasteiger partial charge in [0.15, 0.2) is 0 Å². The van der Waals surface area contributed by atoms with Crippen LogP contribution in [0.5, 0.6) is 0 Å². The summed E-state index contributed by atoms with van der Waals surface area (Å²) in [6.45, 7) is 30.0. The molecular weight excluding hydrogens is 402 g/mol. The molecule has 2 nitrogen and oxygen atoms in total. The topological polar surface area (TPSA) is 9.23 Å². The van der Waals surface area contributed by atoms with Gasteiger partial charge in [0.25, 0.3) is 0 Å². The fourth-order valence-corrected chi connectivity index (χ4v) is 5.59. The minimum atomic E-state index is 0. The molecule has 0 amide bonds. The van der Waals surface area contributed by atoms with Crippen LogP contribution in [0.1, 0.15) is 94.9 Å². The Balaban J connectivity index is 0.00000900.